The number of esters is 1. The van der Waals surface area contributed by atoms with Gasteiger partial charge in [-0.15, -0.1) is 0 Å². The van der Waals surface area contributed by atoms with Crippen molar-refractivity contribution in [2.24, 2.45) is 0 Å². The summed E-state index contributed by atoms with van der Waals surface area (Å²) in [6.07, 6.45) is 2.82. The van der Waals surface area contributed by atoms with Gasteiger partial charge in [-0.3, -0.25) is 14.2 Å². The number of anilines is 1. The molecule has 3 aromatic rings. The second kappa shape index (κ2) is 9.19. The largest absolute Gasteiger partial charge is 0.450 e. The van der Waals surface area contributed by atoms with E-state index >= 15 is 0 Å². The van der Waals surface area contributed by atoms with Crippen molar-refractivity contribution >= 4 is 35.1 Å². The van der Waals surface area contributed by atoms with Crippen LogP contribution in [0.4, 0.5) is 10.1 Å². The number of hydrogen-bond acceptors (Lipinski definition) is 6. The summed E-state index contributed by atoms with van der Waals surface area (Å²) in [6, 6.07) is 10.8. The Labute approximate surface area is 194 Å². The molecule has 0 spiro atoms. The van der Waals surface area contributed by atoms with Crippen LogP contribution in [-0.2, 0) is 16.0 Å². The zero-order chi connectivity index (χ0) is 23.7. The molecule has 1 aliphatic heterocycles. The van der Waals surface area contributed by atoms with Crippen LogP contribution in [0.15, 0.2) is 53.8 Å². The van der Waals surface area contributed by atoms with Crippen LogP contribution in [0, 0.1) is 5.82 Å². The number of ketones is 1. The fourth-order valence-corrected chi connectivity index (χ4v) is 4.40. The van der Waals surface area contributed by atoms with Crippen molar-refractivity contribution in [2.45, 2.75) is 31.5 Å². The number of nitrogens with zero attached hydrogens (tertiary/aromatic N) is 3. The summed E-state index contributed by atoms with van der Waals surface area (Å²) in [4.78, 5) is 43.5. The highest BCUT2D eigenvalue weighted by molar-refractivity contribution is 7.98. The topological polar surface area (TPSA) is 81.5 Å². The summed E-state index contributed by atoms with van der Waals surface area (Å²) in [7, 11) is 0. The van der Waals surface area contributed by atoms with Crippen LogP contribution in [0.1, 0.15) is 40.3 Å². The number of hydrogen-bond donors (Lipinski definition) is 0. The van der Waals surface area contributed by atoms with Gasteiger partial charge in [-0.2, -0.15) is 0 Å². The number of aromatic nitrogens is 2. The van der Waals surface area contributed by atoms with Gasteiger partial charge in [0.25, 0.3) is 0 Å². The van der Waals surface area contributed by atoms with Crippen LogP contribution in [0.25, 0.3) is 5.69 Å². The Hall–Kier alpha value is -3.46. The maximum absolute atomic E-state index is 13.4. The highest BCUT2D eigenvalue weighted by Gasteiger charge is 2.27. The Morgan fingerprint density at radius 2 is 1.88 bits per heavy atom. The van der Waals surface area contributed by atoms with E-state index in [1.165, 1.54) is 56.1 Å². The molecule has 0 fully saturated rings. The number of ether oxygens (including phenoxy) is 1. The molecule has 7 nitrogen and oxygen atoms in total. The Morgan fingerprint density at radius 3 is 2.55 bits per heavy atom. The molecule has 1 atom stereocenters. The molecule has 0 saturated carbocycles. The maximum atomic E-state index is 13.4. The van der Waals surface area contributed by atoms with Crippen molar-refractivity contribution in [3.05, 3.63) is 71.3 Å². The van der Waals surface area contributed by atoms with Crippen molar-refractivity contribution in [3.63, 3.8) is 0 Å². The number of halogens is 1. The molecule has 33 heavy (non-hydrogen) atoms. The van der Waals surface area contributed by atoms with Gasteiger partial charge in [0.05, 0.1) is 6.20 Å². The number of carbonyl (C=O) groups excluding carboxylic acids is 3. The second-order valence-electron chi connectivity index (χ2n) is 7.62. The molecule has 9 heteroatoms. The van der Waals surface area contributed by atoms with Crippen LogP contribution >= 0.6 is 11.8 Å². The number of rotatable bonds is 6. The molecular formula is C24H22FN3O4S. The van der Waals surface area contributed by atoms with E-state index in [9.17, 15) is 18.8 Å². The molecule has 2 aromatic carbocycles. The molecule has 0 radical (unpaired) electrons. The lowest BCUT2D eigenvalue weighted by atomic mass is 10.0. The number of benzene rings is 2. The van der Waals surface area contributed by atoms with Crippen LogP contribution in [-0.4, -0.2) is 46.1 Å². The molecule has 2 heterocycles. The third-order valence-electron chi connectivity index (χ3n) is 5.50. The van der Waals surface area contributed by atoms with Gasteiger partial charge in [-0.1, -0.05) is 11.8 Å². The van der Waals surface area contributed by atoms with Crippen molar-refractivity contribution in [2.75, 3.05) is 17.7 Å². The van der Waals surface area contributed by atoms with Crippen molar-refractivity contribution < 1.29 is 23.5 Å². The zero-order valence-electron chi connectivity index (χ0n) is 18.4. The van der Waals surface area contributed by atoms with E-state index in [0.717, 1.165) is 11.3 Å². The Balaban J connectivity index is 1.54. The Morgan fingerprint density at radius 1 is 1.15 bits per heavy atom. The zero-order valence-corrected chi connectivity index (χ0v) is 19.2. The standard InChI is InChI=1S/C24H22FN3O4S/c1-14(22(30)17-4-9-20-16(12-17)10-11-27(20)15(2)29)32-23(31)21-13-26-24(33-3)28(21)19-7-5-18(25)6-8-19/h4-9,12-14H,10-11H2,1-3H3. The number of amides is 1. The van der Waals surface area contributed by atoms with Gasteiger partial charge in [0, 0.05) is 30.4 Å². The summed E-state index contributed by atoms with van der Waals surface area (Å²) < 4.78 is 20.4. The molecule has 170 valence electrons. The van der Waals surface area contributed by atoms with Gasteiger partial charge in [-0.25, -0.2) is 14.2 Å². The van der Waals surface area contributed by atoms with Crippen molar-refractivity contribution in [3.8, 4) is 5.69 Å². The van der Waals surface area contributed by atoms with Gasteiger partial charge in [-0.05, 0) is 67.6 Å². The smallest absolute Gasteiger partial charge is 0.357 e. The molecule has 4 rings (SSSR count). The first-order valence-electron chi connectivity index (χ1n) is 10.3. The first-order valence-corrected chi connectivity index (χ1v) is 11.6. The van der Waals surface area contributed by atoms with E-state index in [-0.39, 0.29) is 17.4 Å². The number of thioether (sulfide) groups is 1. The van der Waals surface area contributed by atoms with Gasteiger partial charge >= 0.3 is 5.97 Å². The SMILES string of the molecule is CSc1ncc(C(=O)OC(C)C(=O)c2ccc3c(c2)CCN3C(C)=O)n1-c1ccc(F)cc1. The molecule has 1 unspecified atom stereocenters. The van der Waals surface area contributed by atoms with Gasteiger partial charge in [0.1, 0.15) is 5.82 Å². The molecule has 1 aliphatic rings. The normalized spacial score (nSPS) is 13.5. The minimum absolute atomic E-state index is 0.0440. The van der Waals surface area contributed by atoms with E-state index in [1.807, 2.05) is 6.26 Å². The van der Waals surface area contributed by atoms with E-state index in [1.54, 1.807) is 27.7 Å². The number of fused-ring (bicyclic) bond motifs is 1. The average molecular weight is 468 g/mol. The highest BCUT2D eigenvalue weighted by atomic mass is 32.2. The lowest BCUT2D eigenvalue weighted by Gasteiger charge is -2.16. The quantitative estimate of drug-likeness (QED) is 0.309. The first-order chi connectivity index (χ1) is 15.8. The predicted molar refractivity (Wildman–Crippen MR) is 123 cm³/mol. The van der Waals surface area contributed by atoms with Crippen molar-refractivity contribution in [1.82, 2.24) is 9.55 Å². The molecule has 0 N–H and O–H groups in total. The average Bonchev–Trinajstić information content (AvgIpc) is 3.43. The fraction of sp³-hybridized carbons (Fsp3) is 0.250. The third-order valence-corrected chi connectivity index (χ3v) is 6.15. The summed E-state index contributed by atoms with van der Waals surface area (Å²) in [5.74, 6) is -1.49. The molecular weight excluding hydrogens is 445 g/mol. The summed E-state index contributed by atoms with van der Waals surface area (Å²) in [6.45, 7) is 3.61. The molecule has 0 aliphatic carbocycles. The van der Waals surface area contributed by atoms with Crippen molar-refractivity contribution in [1.29, 1.82) is 0 Å². The molecule has 1 amide bonds. The van der Waals surface area contributed by atoms with E-state index in [2.05, 4.69) is 4.98 Å². The highest BCUT2D eigenvalue weighted by Crippen LogP contribution is 2.29. The lowest BCUT2D eigenvalue weighted by molar-refractivity contribution is -0.116. The van der Waals surface area contributed by atoms with Gasteiger partial charge in [0.15, 0.2) is 17.0 Å². The predicted octanol–water partition coefficient (Wildman–Crippen LogP) is 4.07. The Kier molecular flexibility index (Phi) is 6.33. The molecule has 1 aromatic heterocycles. The number of Topliss-reactive ketones (excluding diaryl/α,β-unsaturated/α-hetero) is 1. The molecule has 0 saturated heterocycles. The summed E-state index contributed by atoms with van der Waals surface area (Å²) >= 11 is 1.32. The van der Waals surface area contributed by atoms with Gasteiger partial charge < -0.3 is 9.64 Å². The Bertz CT molecular complexity index is 1240. The number of imidazole rings is 1. The van der Waals surface area contributed by atoms with E-state index < -0.39 is 17.9 Å². The maximum Gasteiger partial charge on any atom is 0.357 e. The van der Waals surface area contributed by atoms with E-state index in [4.69, 9.17) is 4.74 Å². The summed E-state index contributed by atoms with van der Waals surface area (Å²) in [5, 5.41) is 0.529. The first kappa shape index (κ1) is 22.7. The molecule has 0 bridgehead atoms. The van der Waals surface area contributed by atoms with Crippen LogP contribution in [0.2, 0.25) is 0 Å². The third kappa shape index (κ3) is 4.41. The van der Waals surface area contributed by atoms with Crippen LogP contribution in [0.5, 0.6) is 0 Å². The minimum atomic E-state index is -1.03. The van der Waals surface area contributed by atoms with Crippen LogP contribution in [0.3, 0.4) is 0 Å². The van der Waals surface area contributed by atoms with Gasteiger partial charge in [0.2, 0.25) is 11.7 Å². The number of carbonyl (C=O) groups is 3. The minimum Gasteiger partial charge on any atom is -0.450 e. The summed E-state index contributed by atoms with van der Waals surface area (Å²) in [5.41, 5.74) is 2.82. The monoisotopic (exact) mass is 467 g/mol. The van der Waals surface area contributed by atoms with Crippen LogP contribution < -0.4 is 4.90 Å². The lowest BCUT2D eigenvalue weighted by Crippen LogP contribution is -2.26. The van der Waals surface area contributed by atoms with E-state index in [0.29, 0.717) is 29.4 Å². The fourth-order valence-electron chi connectivity index (χ4n) is 3.85. The second-order valence-corrected chi connectivity index (χ2v) is 8.39.